The Bertz CT molecular complexity index is 191. The van der Waals surface area contributed by atoms with Crippen molar-refractivity contribution >= 4 is 9.73 Å². The summed E-state index contributed by atoms with van der Waals surface area (Å²) >= 11 is 0. The van der Waals surface area contributed by atoms with Crippen LogP contribution in [0.1, 0.15) is 0 Å². The van der Waals surface area contributed by atoms with Gasteiger partial charge in [0.15, 0.2) is 0 Å². The molecule has 54 valence electrons. The van der Waals surface area contributed by atoms with Crippen LogP contribution in [0.2, 0.25) is 0 Å². The van der Waals surface area contributed by atoms with Crippen LogP contribution in [-0.4, -0.2) is 40.8 Å². The second kappa shape index (κ2) is 1.95. The highest BCUT2D eigenvalue weighted by Gasteiger charge is 2.28. The van der Waals surface area contributed by atoms with Crippen LogP contribution in [-0.2, 0) is 9.73 Å². The van der Waals surface area contributed by atoms with Crippen molar-refractivity contribution in [2.45, 2.75) is 5.25 Å². The Morgan fingerprint density at radius 3 is 2.22 bits per heavy atom. The van der Waals surface area contributed by atoms with Crippen molar-refractivity contribution in [1.82, 2.24) is 4.90 Å². The van der Waals surface area contributed by atoms with E-state index in [-0.39, 0.29) is 5.25 Å². The first-order chi connectivity index (χ1) is 4.00. The second-order valence-electron chi connectivity index (χ2n) is 2.75. The van der Waals surface area contributed by atoms with Crippen LogP contribution in [0.3, 0.4) is 0 Å². The summed E-state index contributed by atoms with van der Waals surface area (Å²) in [6.07, 6.45) is 1.52. The SMILES string of the molecule is CN1CC(S(C)(=N)=O)C1. The van der Waals surface area contributed by atoms with Gasteiger partial charge in [-0.15, -0.1) is 0 Å². The molecule has 0 radical (unpaired) electrons. The highest BCUT2D eigenvalue weighted by molar-refractivity contribution is 7.92. The van der Waals surface area contributed by atoms with Crippen molar-refractivity contribution in [1.29, 1.82) is 4.78 Å². The zero-order valence-electron chi connectivity index (χ0n) is 5.76. The second-order valence-corrected chi connectivity index (χ2v) is 5.22. The van der Waals surface area contributed by atoms with Crippen LogP contribution < -0.4 is 0 Å². The number of rotatable bonds is 1. The predicted octanol–water partition coefficient (Wildman–Crippen LogP) is -0.0230. The highest BCUT2D eigenvalue weighted by atomic mass is 32.2. The van der Waals surface area contributed by atoms with Gasteiger partial charge in [-0.05, 0) is 7.05 Å². The number of nitrogens with zero attached hydrogens (tertiary/aromatic N) is 1. The molecule has 1 N–H and O–H groups in total. The van der Waals surface area contributed by atoms with Crippen molar-refractivity contribution in [3.05, 3.63) is 0 Å². The van der Waals surface area contributed by atoms with Gasteiger partial charge in [-0.3, -0.25) is 4.78 Å². The Morgan fingerprint density at radius 1 is 1.67 bits per heavy atom. The Balaban J connectivity index is 2.51. The van der Waals surface area contributed by atoms with E-state index in [9.17, 15) is 4.21 Å². The van der Waals surface area contributed by atoms with Crippen molar-refractivity contribution in [3.8, 4) is 0 Å². The zero-order chi connectivity index (χ0) is 7.07. The fraction of sp³-hybridized carbons (Fsp3) is 1.00. The average molecular weight is 148 g/mol. The first-order valence-electron chi connectivity index (χ1n) is 2.91. The molecule has 0 aromatic carbocycles. The van der Waals surface area contributed by atoms with Crippen LogP contribution in [0.15, 0.2) is 0 Å². The maximum Gasteiger partial charge on any atom is 0.0679 e. The normalized spacial score (nSPS) is 29.1. The molecule has 1 atom stereocenters. The van der Waals surface area contributed by atoms with E-state index in [0.29, 0.717) is 0 Å². The Kier molecular flexibility index (Phi) is 1.52. The fourth-order valence-corrected chi connectivity index (χ4v) is 2.00. The summed E-state index contributed by atoms with van der Waals surface area (Å²) in [5.74, 6) is 0. The third-order valence-electron chi connectivity index (χ3n) is 1.67. The maximum atomic E-state index is 11.0. The Morgan fingerprint density at radius 2 is 2.11 bits per heavy atom. The zero-order valence-corrected chi connectivity index (χ0v) is 6.57. The van der Waals surface area contributed by atoms with Gasteiger partial charge in [0.25, 0.3) is 0 Å². The minimum atomic E-state index is -2.24. The lowest BCUT2D eigenvalue weighted by Gasteiger charge is -2.35. The average Bonchev–Trinajstić information content (AvgIpc) is 1.55. The van der Waals surface area contributed by atoms with Crippen LogP contribution in [0.25, 0.3) is 0 Å². The third kappa shape index (κ3) is 1.43. The standard InChI is InChI=1S/C5H12N2OS/c1-7-3-5(4-7)9(2,6)8/h5-6H,3-4H2,1-2H3. The molecule has 0 aromatic rings. The molecule has 4 heteroatoms. The maximum absolute atomic E-state index is 11.0. The third-order valence-corrected chi connectivity index (χ3v) is 3.24. The number of hydrogen-bond donors (Lipinski definition) is 1. The van der Waals surface area contributed by atoms with Crippen molar-refractivity contribution < 1.29 is 4.21 Å². The molecular weight excluding hydrogens is 136 g/mol. The van der Waals surface area contributed by atoms with E-state index < -0.39 is 9.73 Å². The Hall–Kier alpha value is -0.0900. The predicted molar refractivity (Wildman–Crippen MR) is 38.1 cm³/mol. The summed E-state index contributed by atoms with van der Waals surface area (Å²) in [6, 6.07) is 0. The molecule has 0 bridgehead atoms. The largest absolute Gasteiger partial charge is 0.304 e. The summed E-state index contributed by atoms with van der Waals surface area (Å²) in [5, 5.41) is 0.127. The molecule has 1 aliphatic heterocycles. The summed E-state index contributed by atoms with van der Waals surface area (Å²) in [7, 11) is -0.267. The number of likely N-dealkylation sites (tertiary alicyclic amines) is 1. The lowest BCUT2D eigenvalue weighted by atomic mass is 10.2. The minimum absolute atomic E-state index is 0.127. The van der Waals surface area contributed by atoms with Gasteiger partial charge in [0.2, 0.25) is 0 Å². The molecular formula is C5H12N2OS. The first-order valence-corrected chi connectivity index (χ1v) is 4.94. The molecule has 9 heavy (non-hydrogen) atoms. The van der Waals surface area contributed by atoms with Crippen molar-refractivity contribution in [2.24, 2.45) is 0 Å². The molecule has 1 rings (SSSR count). The van der Waals surface area contributed by atoms with Gasteiger partial charge in [0, 0.05) is 29.1 Å². The van der Waals surface area contributed by atoms with Crippen molar-refractivity contribution in [2.75, 3.05) is 26.4 Å². The molecule has 0 amide bonds. The van der Waals surface area contributed by atoms with Gasteiger partial charge in [0.1, 0.15) is 0 Å². The van der Waals surface area contributed by atoms with E-state index in [1.165, 1.54) is 6.26 Å². The minimum Gasteiger partial charge on any atom is -0.304 e. The molecule has 1 heterocycles. The van der Waals surface area contributed by atoms with E-state index >= 15 is 0 Å². The van der Waals surface area contributed by atoms with Gasteiger partial charge in [-0.1, -0.05) is 0 Å². The van der Waals surface area contributed by atoms with E-state index in [1.54, 1.807) is 0 Å². The van der Waals surface area contributed by atoms with Crippen LogP contribution in [0.5, 0.6) is 0 Å². The molecule has 1 unspecified atom stereocenters. The van der Waals surface area contributed by atoms with Crippen molar-refractivity contribution in [3.63, 3.8) is 0 Å². The quantitative estimate of drug-likeness (QED) is 0.568. The van der Waals surface area contributed by atoms with Crippen LogP contribution in [0.4, 0.5) is 0 Å². The van der Waals surface area contributed by atoms with E-state index in [1.807, 2.05) is 7.05 Å². The van der Waals surface area contributed by atoms with E-state index in [2.05, 4.69) is 4.90 Å². The summed E-state index contributed by atoms with van der Waals surface area (Å²) in [6.45, 7) is 1.66. The summed E-state index contributed by atoms with van der Waals surface area (Å²) in [4.78, 5) is 2.07. The van der Waals surface area contributed by atoms with Gasteiger partial charge in [-0.2, -0.15) is 0 Å². The molecule has 1 aliphatic rings. The number of hydrogen-bond acceptors (Lipinski definition) is 3. The van der Waals surface area contributed by atoms with Crippen LogP contribution in [0, 0.1) is 4.78 Å². The fourth-order valence-electron chi connectivity index (χ4n) is 0.926. The highest BCUT2D eigenvalue weighted by Crippen LogP contribution is 2.12. The lowest BCUT2D eigenvalue weighted by Crippen LogP contribution is -2.51. The monoisotopic (exact) mass is 148 g/mol. The van der Waals surface area contributed by atoms with Gasteiger partial charge in [0.05, 0.1) is 5.25 Å². The van der Waals surface area contributed by atoms with Crippen LogP contribution >= 0.6 is 0 Å². The molecule has 1 fully saturated rings. The summed E-state index contributed by atoms with van der Waals surface area (Å²) < 4.78 is 18.1. The summed E-state index contributed by atoms with van der Waals surface area (Å²) in [5.41, 5.74) is 0. The molecule has 0 saturated carbocycles. The molecule has 0 spiro atoms. The first kappa shape index (κ1) is 7.02. The topological polar surface area (TPSA) is 44.2 Å². The van der Waals surface area contributed by atoms with Gasteiger partial charge >= 0.3 is 0 Å². The smallest absolute Gasteiger partial charge is 0.0679 e. The van der Waals surface area contributed by atoms with E-state index in [0.717, 1.165) is 13.1 Å². The van der Waals surface area contributed by atoms with E-state index in [4.69, 9.17) is 4.78 Å². The molecule has 3 nitrogen and oxygen atoms in total. The number of nitrogens with one attached hydrogen (secondary N) is 1. The van der Waals surface area contributed by atoms with Gasteiger partial charge < -0.3 is 4.90 Å². The van der Waals surface area contributed by atoms with Gasteiger partial charge in [-0.25, -0.2) is 4.21 Å². The Labute approximate surface area is 56.0 Å². The molecule has 0 aliphatic carbocycles. The molecule has 0 aromatic heterocycles. The lowest BCUT2D eigenvalue weighted by molar-refractivity contribution is 0.235. The molecule has 1 saturated heterocycles.